The predicted molar refractivity (Wildman–Crippen MR) is 92.9 cm³/mol. The Labute approximate surface area is 130 Å². The molecule has 2 heteroatoms. The van der Waals surface area contributed by atoms with Gasteiger partial charge in [0.1, 0.15) is 0 Å². The van der Waals surface area contributed by atoms with Gasteiger partial charge in [-0.1, -0.05) is 45.9 Å². The van der Waals surface area contributed by atoms with Crippen LogP contribution in [0.25, 0.3) is 0 Å². The molecule has 1 aromatic carbocycles. The quantitative estimate of drug-likeness (QED) is 0.715. The van der Waals surface area contributed by atoms with E-state index in [9.17, 15) is 0 Å². The summed E-state index contributed by atoms with van der Waals surface area (Å²) in [5, 5.41) is 3.67. The Balaban J connectivity index is 2.19. The van der Waals surface area contributed by atoms with E-state index < -0.39 is 0 Å². The molecule has 1 aliphatic rings. The molecule has 1 aromatic rings. The second kappa shape index (κ2) is 7.84. The molecule has 0 spiro atoms. The van der Waals surface area contributed by atoms with E-state index in [1.54, 1.807) is 0 Å². The minimum Gasteiger partial charge on any atom is -0.368 e. The molecule has 0 saturated heterocycles. The SMILES string of the molecule is CCC(CC)N(CC(C)C)c1ccccc1CNC1CC1. The van der Waals surface area contributed by atoms with E-state index in [2.05, 4.69) is 62.2 Å². The minimum atomic E-state index is 0.648. The fraction of sp³-hybridized carbons (Fsp3) is 0.684. The Morgan fingerprint density at radius 2 is 1.81 bits per heavy atom. The number of nitrogens with one attached hydrogen (secondary N) is 1. The van der Waals surface area contributed by atoms with Gasteiger partial charge in [-0.25, -0.2) is 0 Å². The van der Waals surface area contributed by atoms with Gasteiger partial charge in [0.05, 0.1) is 0 Å². The summed E-state index contributed by atoms with van der Waals surface area (Å²) in [6, 6.07) is 10.4. The zero-order valence-electron chi connectivity index (χ0n) is 14.2. The van der Waals surface area contributed by atoms with Gasteiger partial charge in [-0.3, -0.25) is 0 Å². The molecule has 118 valence electrons. The molecule has 0 bridgehead atoms. The molecule has 2 nitrogen and oxygen atoms in total. The van der Waals surface area contributed by atoms with Crippen LogP contribution in [0.1, 0.15) is 58.9 Å². The maximum Gasteiger partial charge on any atom is 0.0414 e. The average molecular weight is 288 g/mol. The van der Waals surface area contributed by atoms with Gasteiger partial charge in [0.15, 0.2) is 0 Å². The fourth-order valence-electron chi connectivity index (χ4n) is 3.05. The monoisotopic (exact) mass is 288 g/mol. The van der Waals surface area contributed by atoms with E-state index in [0.29, 0.717) is 12.0 Å². The van der Waals surface area contributed by atoms with Crippen molar-refractivity contribution >= 4 is 5.69 Å². The van der Waals surface area contributed by atoms with Crippen molar-refractivity contribution in [3.8, 4) is 0 Å². The first kappa shape index (κ1) is 16.4. The van der Waals surface area contributed by atoms with E-state index in [1.807, 2.05) is 0 Å². The molecule has 1 N–H and O–H groups in total. The molecule has 0 heterocycles. The third-order valence-corrected chi connectivity index (χ3v) is 4.40. The van der Waals surface area contributed by atoms with Crippen LogP contribution in [0.3, 0.4) is 0 Å². The Hall–Kier alpha value is -1.02. The molecule has 1 saturated carbocycles. The molecule has 0 amide bonds. The van der Waals surface area contributed by atoms with Crippen molar-refractivity contribution in [3.05, 3.63) is 29.8 Å². The lowest BCUT2D eigenvalue weighted by molar-refractivity contribution is 0.505. The van der Waals surface area contributed by atoms with Crippen molar-refractivity contribution in [1.82, 2.24) is 5.32 Å². The molecular weight excluding hydrogens is 256 g/mol. The predicted octanol–water partition coefficient (Wildman–Crippen LogP) is 4.59. The number of hydrogen-bond acceptors (Lipinski definition) is 2. The number of benzene rings is 1. The first-order chi connectivity index (χ1) is 10.2. The van der Waals surface area contributed by atoms with Crippen molar-refractivity contribution in [2.45, 2.75) is 72.0 Å². The molecule has 0 aliphatic heterocycles. The molecule has 0 atom stereocenters. The number of para-hydroxylation sites is 1. The zero-order chi connectivity index (χ0) is 15.2. The van der Waals surface area contributed by atoms with Gasteiger partial charge in [-0.15, -0.1) is 0 Å². The van der Waals surface area contributed by atoms with Gasteiger partial charge >= 0.3 is 0 Å². The molecule has 2 rings (SSSR count). The van der Waals surface area contributed by atoms with Crippen LogP contribution in [-0.4, -0.2) is 18.6 Å². The Morgan fingerprint density at radius 3 is 2.38 bits per heavy atom. The molecule has 1 aliphatic carbocycles. The normalized spacial score (nSPS) is 15.0. The average Bonchev–Trinajstić information content (AvgIpc) is 3.29. The summed E-state index contributed by atoms with van der Waals surface area (Å²) in [5.74, 6) is 0.690. The minimum absolute atomic E-state index is 0.648. The van der Waals surface area contributed by atoms with E-state index in [4.69, 9.17) is 0 Å². The second-order valence-corrected chi connectivity index (χ2v) is 6.80. The van der Waals surface area contributed by atoms with Crippen LogP contribution < -0.4 is 10.2 Å². The highest BCUT2D eigenvalue weighted by atomic mass is 15.2. The van der Waals surface area contributed by atoms with Gasteiger partial charge in [-0.05, 0) is 43.2 Å². The largest absolute Gasteiger partial charge is 0.368 e. The Bertz CT molecular complexity index is 419. The highest BCUT2D eigenvalue weighted by Gasteiger charge is 2.22. The summed E-state index contributed by atoms with van der Waals surface area (Å²) >= 11 is 0. The fourth-order valence-corrected chi connectivity index (χ4v) is 3.05. The number of rotatable bonds is 9. The van der Waals surface area contributed by atoms with E-state index >= 15 is 0 Å². The third kappa shape index (κ3) is 4.74. The summed E-state index contributed by atoms with van der Waals surface area (Å²) in [4.78, 5) is 2.65. The van der Waals surface area contributed by atoms with Gasteiger partial charge in [-0.2, -0.15) is 0 Å². The lowest BCUT2D eigenvalue weighted by Crippen LogP contribution is -2.38. The molecule has 21 heavy (non-hydrogen) atoms. The maximum absolute atomic E-state index is 3.67. The topological polar surface area (TPSA) is 15.3 Å². The van der Waals surface area contributed by atoms with E-state index in [-0.39, 0.29) is 0 Å². The molecule has 0 unspecified atom stereocenters. The summed E-state index contributed by atoms with van der Waals surface area (Å²) in [7, 11) is 0. The van der Waals surface area contributed by atoms with Gasteiger partial charge in [0, 0.05) is 30.9 Å². The number of hydrogen-bond donors (Lipinski definition) is 1. The number of anilines is 1. The summed E-state index contributed by atoms with van der Waals surface area (Å²) in [5.41, 5.74) is 2.89. The van der Waals surface area contributed by atoms with E-state index in [0.717, 1.165) is 19.1 Å². The molecular formula is C19H32N2. The van der Waals surface area contributed by atoms with Gasteiger partial charge in [0.25, 0.3) is 0 Å². The second-order valence-electron chi connectivity index (χ2n) is 6.80. The van der Waals surface area contributed by atoms with Crippen LogP contribution in [-0.2, 0) is 6.54 Å². The van der Waals surface area contributed by atoms with Crippen LogP contribution >= 0.6 is 0 Å². The van der Waals surface area contributed by atoms with Crippen LogP contribution in [0.4, 0.5) is 5.69 Å². The smallest absolute Gasteiger partial charge is 0.0414 e. The van der Waals surface area contributed by atoms with E-state index in [1.165, 1.54) is 36.9 Å². The van der Waals surface area contributed by atoms with Crippen LogP contribution in [0.5, 0.6) is 0 Å². The zero-order valence-corrected chi connectivity index (χ0v) is 14.2. The van der Waals surface area contributed by atoms with Crippen molar-refractivity contribution < 1.29 is 0 Å². The van der Waals surface area contributed by atoms with Crippen molar-refractivity contribution in [2.24, 2.45) is 5.92 Å². The van der Waals surface area contributed by atoms with Crippen molar-refractivity contribution in [2.75, 3.05) is 11.4 Å². The van der Waals surface area contributed by atoms with Crippen LogP contribution in [0.15, 0.2) is 24.3 Å². The molecule has 1 fully saturated rings. The van der Waals surface area contributed by atoms with Crippen molar-refractivity contribution in [3.63, 3.8) is 0 Å². The lowest BCUT2D eigenvalue weighted by atomic mass is 10.0. The summed E-state index contributed by atoms with van der Waals surface area (Å²) < 4.78 is 0. The highest BCUT2D eigenvalue weighted by molar-refractivity contribution is 5.54. The Kier molecular flexibility index (Phi) is 6.10. The maximum atomic E-state index is 3.67. The Morgan fingerprint density at radius 1 is 1.14 bits per heavy atom. The molecule has 0 radical (unpaired) electrons. The first-order valence-corrected chi connectivity index (χ1v) is 8.73. The van der Waals surface area contributed by atoms with Crippen LogP contribution in [0, 0.1) is 5.92 Å². The van der Waals surface area contributed by atoms with Crippen molar-refractivity contribution in [1.29, 1.82) is 0 Å². The first-order valence-electron chi connectivity index (χ1n) is 8.73. The third-order valence-electron chi connectivity index (χ3n) is 4.40. The summed E-state index contributed by atoms with van der Waals surface area (Å²) in [6.45, 7) is 11.4. The molecule has 0 aromatic heterocycles. The standard InChI is InChI=1S/C19H32N2/c1-5-18(6-2)21(14-15(3)4)19-10-8-7-9-16(19)13-20-17-11-12-17/h7-10,15,17-18,20H,5-6,11-14H2,1-4H3. The lowest BCUT2D eigenvalue weighted by Gasteiger charge is -2.35. The summed E-state index contributed by atoms with van der Waals surface area (Å²) in [6.07, 6.45) is 5.13. The highest BCUT2D eigenvalue weighted by Crippen LogP contribution is 2.27. The van der Waals surface area contributed by atoms with Gasteiger partial charge in [0.2, 0.25) is 0 Å². The number of nitrogens with zero attached hydrogens (tertiary/aromatic N) is 1. The van der Waals surface area contributed by atoms with Gasteiger partial charge < -0.3 is 10.2 Å². The van der Waals surface area contributed by atoms with Crippen LogP contribution in [0.2, 0.25) is 0 Å².